The van der Waals surface area contributed by atoms with E-state index in [-0.39, 0.29) is 54.8 Å². The van der Waals surface area contributed by atoms with E-state index >= 15 is 0 Å². The molecule has 0 unspecified atom stereocenters. The van der Waals surface area contributed by atoms with Gasteiger partial charge in [0.15, 0.2) is 0 Å². The standard InChI is InChI=1S/C24H24F4N4O5/c25-14-1-4-16(5-2-14)37-22-18(24(26,27)28)6-3-15(29-22)12-35-17-9-32(10-17)23(34)31-8-7-20-19(11-31)30-21(33)13-36-20/h1-6,17,19-20H,7-13H2,(H,30,33)/t19-,20+/m1/s1. The van der Waals surface area contributed by atoms with E-state index in [1.165, 1.54) is 18.2 Å². The number of nitrogens with zero attached hydrogens (tertiary/aromatic N) is 3. The van der Waals surface area contributed by atoms with Crippen molar-refractivity contribution in [2.45, 2.75) is 37.5 Å². The van der Waals surface area contributed by atoms with Gasteiger partial charge in [0.1, 0.15) is 23.7 Å². The summed E-state index contributed by atoms with van der Waals surface area (Å²) in [6, 6.07) is 6.21. The number of piperidine rings is 1. The van der Waals surface area contributed by atoms with Crippen molar-refractivity contribution in [1.29, 1.82) is 0 Å². The molecule has 0 radical (unpaired) electrons. The number of rotatable bonds is 5. The number of alkyl halides is 3. The van der Waals surface area contributed by atoms with Crippen molar-refractivity contribution in [3.63, 3.8) is 0 Å². The fourth-order valence-corrected chi connectivity index (χ4v) is 4.44. The number of likely N-dealkylation sites (tertiary alicyclic amines) is 2. The molecule has 1 aromatic carbocycles. The Hall–Kier alpha value is -3.45. The molecule has 0 saturated carbocycles. The minimum Gasteiger partial charge on any atom is -0.438 e. The van der Waals surface area contributed by atoms with E-state index in [1.54, 1.807) is 9.80 Å². The smallest absolute Gasteiger partial charge is 0.421 e. The van der Waals surface area contributed by atoms with Crippen LogP contribution in [0.2, 0.25) is 0 Å². The maximum Gasteiger partial charge on any atom is 0.421 e. The lowest BCUT2D eigenvalue weighted by Crippen LogP contribution is -2.65. The summed E-state index contributed by atoms with van der Waals surface area (Å²) in [5, 5.41) is 2.86. The highest BCUT2D eigenvalue weighted by molar-refractivity contribution is 5.79. The zero-order chi connectivity index (χ0) is 26.2. The highest BCUT2D eigenvalue weighted by Crippen LogP contribution is 2.37. The van der Waals surface area contributed by atoms with Crippen molar-refractivity contribution in [3.8, 4) is 11.6 Å². The predicted octanol–water partition coefficient (Wildman–Crippen LogP) is 2.94. The second kappa shape index (κ2) is 10.1. The molecule has 1 N–H and O–H groups in total. The number of urea groups is 1. The normalized spacial score (nSPS) is 22.2. The van der Waals surface area contributed by atoms with Gasteiger partial charge >= 0.3 is 12.2 Å². The second-order valence-electron chi connectivity index (χ2n) is 9.09. The van der Waals surface area contributed by atoms with Gasteiger partial charge in [0.25, 0.3) is 0 Å². The first-order valence-electron chi connectivity index (χ1n) is 11.7. The third-order valence-electron chi connectivity index (χ3n) is 6.43. The summed E-state index contributed by atoms with van der Waals surface area (Å²) in [5.74, 6) is -1.40. The van der Waals surface area contributed by atoms with Crippen molar-refractivity contribution in [2.75, 3.05) is 32.8 Å². The second-order valence-corrected chi connectivity index (χ2v) is 9.09. The minimum atomic E-state index is -4.70. The number of hydrogen-bond acceptors (Lipinski definition) is 6. The summed E-state index contributed by atoms with van der Waals surface area (Å²) >= 11 is 0. The predicted molar refractivity (Wildman–Crippen MR) is 119 cm³/mol. The molecule has 3 saturated heterocycles. The number of aromatic nitrogens is 1. The first-order valence-corrected chi connectivity index (χ1v) is 11.7. The van der Waals surface area contributed by atoms with Crippen LogP contribution in [0.4, 0.5) is 22.4 Å². The molecule has 9 nitrogen and oxygen atoms in total. The number of nitrogens with one attached hydrogen (secondary N) is 1. The summed E-state index contributed by atoms with van der Waals surface area (Å²) in [5.41, 5.74) is -0.852. The molecule has 5 rings (SSSR count). The van der Waals surface area contributed by atoms with Gasteiger partial charge in [-0.1, -0.05) is 0 Å². The fourth-order valence-electron chi connectivity index (χ4n) is 4.44. The van der Waals surface area contributed by atoms with Crippen molar-refractivity contribution in [2.24, 2.45) is 0 Å². The number of halogens is 4. The molecule has 0 bridgehead atoms. The number of fused-ring (bicyclic) bond motifs is 1. The third-order valence-corrected chi connectivity index (χ3v) is 6.43. The number of hydrogen-bond donors (Lipinski definition) is 1. The summed E-state index contributed by atoms with van der Waals surface area (Å²) in [7, 11) is 0. The van der Waals surface area contributed by atoms with Crippen LogP contribution in [0.25, 0.3) is 0 Å². The molecule has 3 amide bonds. The van der Waals surface area contributed by atoms with E-state index < -0.39 is 23.4 Å². The number of carbonyl (C=O) groups excluding carboxylic acids is 2. The van der Waals surface area contributed by atoms with Crippen LogP contribution in [-0.4, -0.2) is 77.8 Å². The largest absolute Gasteiger partial charge is 0.438 e. The maximum atomic E-state index is 13.4. The van der Waals surface area contributed by atoms with Gasteiger partial charge in [0, 0.05) is 13.1 Å². The quantitative estimate of drug-likeness (QED) is 0.605. The molecular formula is C24H24F4N4O5. The summed E-state index contributed by atoms with van der Waals surface area (Å²) in [4.78, 5) is 31.6. The van der Waals surface area contributed by atoms with Gasteiger partial charge in [-0.2, -0.15) is 13.2 Å². The summed E-state index contributed by atoms with van der Waals surface area (Å²) in [6.07, 6.45) is -4.46. The Morgan fingerprint density at radius 1 is 1.11 bits per heavy atom. The first-order chi connectivity index (χ1) is 17.7. The van der Waals surface area contributed by atoms with E-state index in [9.17, 15) is 27.2 Å². The van der Waals surface area contributed by atoms with Crippen LogP contribution >= 0.6 is 0 Å². The van der Waals surface area contributed by atoms with E-state index in [2.05, 4.69) is 10.3 Å². The van der Waals surface area contributed by atoms with Crippen LogP contribution in [0, 0.1) is 5.82 Å². The molecule has 13 heteroatoms. The van der Waals surface area contributed by atoms with Crippen LogP contribution in [0.3, 0.4) is 0 Å². The third kappa shape index (κ3) is 5.77. The first kappa shape index (κ1) is 25.2. The molecule has 37 heavy (non-hydrogen) atoms. The number of pyridine rings is 1. The molecule has 3 fully saturated rings. The Balaban J connectivity index is 1.15. The van der Waals surface area contributed by atoms with E-state index in [0.29, 0.717) is 32.6 Å². The van der Waals surface area contributed by atoms with E-state index in [1.807, 2.05) is 0 Å². The molecular weight excluding hydrogens is 500 g/mol. The monoisotopic (exact) mass is 524 g/mol. The highest BCUT2D eigenvalue weighted by Gasteiger charge is 2.40. The molecule has 198 valence electrons. The van der Waals surface area contributed by atoms with E-state index in [0.717, 1.165) is 18.2 Å². The highest BCUT2D eigenvalue weighted by atomic mass is 19.4. The molecule has 1 aromatic heterocycles. The Labute approximate surface area is 209 Å². The zero-order valence-corrected chi connectivity index (χ0v) is 19.5. The number of carbonyl (C=O) groups is 2. The lowest BCUT2D eigenvalue weighted by molar-refractivity contribution is -0.140. The summed E-state index contributed by atoms with van der Waals surface area (Å²) in [6.45, 7) is 1.49. The van der Waals surface area contributed by atoms with Gasteiger partial charge in [-0.3, -0.25) is 4.79 Å². The fraction of sp³-hybridized carbons (Fsp3) is 0.458. The number of ether oxygens (including phenoxy) is 3. The minimum absolute atomic E-state index is 0.00834. The molecule has 2 aromatic rings. The van der Waals surface area contributed by atoms with E-state index in [4.69, 9.17) is 14.2 Å². The molecule has 2 atom stereocenters. The van der Waals surface area contributed by atoms with Crippen LogP contribution < -0.4 is 10.1 Å². The van der Waals surface area contributed by atoms with Crippen molar-refractivity contribution in [1.82, 2.24) is 20.1 Å². The Morgan fingerprint density at radius 2 is 1.86 bits per heavy atom. The number of amides is 3. The molecule has 0 spiro atoms. The lowest BCUT2D eigenvalue weighted by Gasteiger charge is -2.45. The topological polar surface area (TPSA) is 93.2 Å². The van der Waals surface area contributed by atoms with Gasteiger partial charge in [0.05, 0.1) is 43.6 Å². The Kier molecular flexibility index (Phi) is 6.90. The van der Waals surface area contributed by atoms with Crippen molar-refractivity contribution in [3.05, 3.63) is 53.5 Å². The van der Waals surface area contributed by atoms with Crippen molar-refractivity contribution < 1.29 is 41.4 Å². The van der Waals surface area contributed by atoms with Crippen LogP contribution in [-0.2, 0) is 27.1 Å². The van der Waals surface area contributed by atoms with Gasteiger partial charge < -0.3 is 29.3 Å². The van der Waals surface area contributed by atoms with Gasteiger partial charge in [-0.05, 0) is 42.8 Å². The van der Waals surface area contributed by atoms with Crippen LogP contribution in [0.15, 0.2) is 36.4 Å². The Morgan fingerprint density at radius 3 is 2.59 bits per heavy atom. The maximum absolute atomic E-state index is 13.4. The molecule has 4 heterocycles. The number of morpholine rings is 1. The SMILES string of the molecule is O=C1CO[C@H]2CCN(C(=O)N3CC(OCc4ccc(C(F)(F)F)c(Oc5ccc(F)cc5)n4)C3)C[C@H]2N1. The molecule has 0 aliphatic carbocycles. The molecule has 3 aliphatic rings. The van der Waals surface area contributed by atoms with Gasteiger partial charge in [0.2, 0.25) is 11.8 Å². The Bertz CT molecular complexity index is 1160. The van der Waals surface area contributed by atoms with Crippen molar-refractivity contribution >= 4 is 11.9 Å². The number of benzene rings is 1. The van der Waals surface area contributed by atoms with Gasteiger partial charge in [-0.15, -0.1) is 0 Å². The summed E-state index contributed by atoms with van der Waals surface area (Å²) < 4.78 is 69.9. The zero-order valence-electron chi connectivity index (χ0n) is 19.5. The average Bonchev–Trinajstić information content (AvgIpc) is 2.83. The van der Waals surface area contributed by atoms with Gasteiger partial charge in [-0.25, -0.2) is 14.2 Å². The van der Waals surface area contributed by atoms with Crippen LogP contribution in [0.1, 0.15) is 17.7 Å². The lowest BCUT2D eigenvalue weighted by atomic mass is 10.0. The van der Waals surface area contributed by atoms with Crippen LogP contribution in [0.5, 0.6) is 11.6 Å². The average molecular weight is 524 g/mol. The molecule has 3 aliphatic heterocycles.